The number of rotatable bonds is 5. The summed E-state index contributed by atoms with van der Waals surface area (Å²) in [6.07, 6.45) is 2.81. The van der Waals surface area contributed by atoms with Crippen LogP contribution < -0.4 is 4.74 Å². The minimum atomic E-state index is 0.583. The molecule has 0 radical (unpaired) electrons. The summed E-state index contributed by atoms with van der Waals surface area (Å²) in [5.41, 5.74) is 0.681. The highest BCUT2D eigenvalue weighted by Crippen LogP contribution is 2.34. The Morgan fingerprint density at radius 1 is 1.24 bits per heavy atom. The third-order valence-corrected chi connectivity index (χ3v) is 4.42. The van der Waals surface area contributed by atoms with Crippen LogP contribution in [0.3, 0.4) is 0 Å². The van der Waals surface area contributed by atoms with Gasteiger partial charge in [0.25, 0.3) is 0 Å². The Morgan fingerprint density at radius 3 is 2.95 bits per heavy atom. The number of ether oxygens (including phenoxy) is 1. The van der Waals surface area contributed by atoms with Gasteiger partial charge in [0.05, 0.1) is 17.7 Å². The molecule has 2 aliphatic rings. The molecule has 1 saturated heterocycles. The van der Waals surface area contributed by atoms with E-state index in [-0.39, 0.29) is 0 Å². The third kappa shape index (κ3) is 2.72. The lowest BCUT2D eigenvalue weighted by atomic mass is 10.1. The zero-order valence-corrected chi connectivity index (χ0v) is 12.0. The normalized spacial score (nSPS) is 23.8. The first kappa shape index (κ1) is 12.7. The lowest BCUT2D eigenvalue weighted by molar-refractivity contribution is 0.295. The fraction of sp³-hybridized carbons (Fsp3) is 0.389. The quantitative estimate of drug-likeness (QED) is 0.788. The van der Waals surface area contributed by atoms with Crippen molar-refractivity contribution in [3.63, 3.8) is 0 Å². The molecule has 3 nitrogen and oxygen atoms in total. The van der Waals surface area contributed by atoms with Crippen molar-refractivity contribution in [3.8, 4) is 11.8 Å². The van der Waals surface area contributed by atoms with E-state index < -0.39 is 0 Å². The van der Waals surface area contributed by atoms with E-state index in [1.165, 1.54) is 25.9 Å². The standard InChI is InChI=1S/C18H18N2O/c19-9-14-6-7-15-2-1-3-18(17(15)8-14)21-12-16-11-20(16)10-13-4-5-13/h1-3,6-8,13,16H,4-5,10-12H2. The van der Waals surface area contributed by atoms with Gasteiger partial charge in [0, 0.05) is 18.5 Å². The first-order chi connectivity index (χ1) is 10.3. The Kier molecular flexibility index (Phi) is 3.05. The molecule has 0 amide bonds. The summed E-state index contributed by atoms with van der Waals surface area (Å²) in [5.74, 6) is 1.84. The SMILES string of the molecule is N#Cc1ccc2cccc(OCC3CN3CC3CC3)c2c1. The summed E-state index contributed by atoms with van der Waals surface area (Å²) in [7, 11) is 0. The van der Waals surface area contributed by atoms with Gasteiger partial charge in [-0.2, -0.15) is 5.26 Å². The predicted octanol–water partition coefficient (Wildman–Crippen LogP) is 3.18. The van der Waals surface area contributed by atoms with E-state index in [1.807, 2.05) is 30.3 Å². The molecule has 3 heteroatoms. The molecule has 4 rings (SSSR count). The molecule has 106 valence electrons. The van der Waals surface area contributed by atoms with Crippen LogP contribution in [0.25, 0.3) is 10.8 Å². The van der Waals surface area contributed by atoms with Crippen molar-refractivity contribution in [2.45, 2.75) is 18.9 Å². The summed E-state index contributed by atoms with van der Waals surface area (Å²) >= 11 is 0. The number of hydrogen-bond donors (Lipinski definition) is 0. The van der Waals surface area contributed by atoms with Gasteiger partial charge < -0.3 is 4.74 Å². The molecule has 2 aromatic carbocycles. The fourth-order valence-corrected chi connectivity index (χ4v) is 2.86. The second-order valence-corrected chi connectivity index (χ2v) is 6.17. The number of nitrogens with zero attached hydrogens (tertiary/aromatic N) is 2. The van der Waals surface area contributed by atoms with Crippen LogP contribution in [0.2, 0.25) is 0 Å². The molecular weight excluding hydrogens is 260 g/mol. The van der Waals surface area contributed by atoms with Gasteiger partial charge in [-0.25, -0.2) is 0 Å². The largest absolute Gasteiger partial charge is 0.491 e. The average Bonchev–Trinajstić information content (AvgIpc) is 3.44. The van der Waals surface area contributed by atoms with Gasteiger partial charge in [0.1, 0.15) is 12.4 Å². The highest BCUT2D eigenvalue weighted by Gasteiger charge is 2.38. The second kappa shape index (κ2) is 5.05. The summed E-state index contributed by atoms with van der Waals surface area (Å²) in [6, 6.07) is 14.6. The van der Waals surface area contributed by atoms with Gasteiger partial charge in [-0.1, -0.05) is 18.2 Å². The van der Waals surface area contributed by atoms with Crippen molar-refractivity contribution in [2.24, 2.45) is 5.92 Å². The van der Waals surface area contributed by atoms with Crippen molar-refractivity contribution in [3.05, 3.63) is 42.0 Å². The second-order valence-electron chi connectivity index (χ2n) is 6.17. The van der Waals surface area contributed by atoms with Crippen molar-refractivity contribution >= 4 is 10.8 Å². The maximum atomic E-state index is 9.04. The summed E-state index contributed by atoms with van der Waals surface area (Å²) < 4.78 is 6.02. The number of nitriles is 1. The van der Waals surface area contributed by atoms with Gasteiger partial charge in [-0.05, 0) is 42.3 Å². The zero-order valence-electron chi connectivity index (χ0n) is 12.0. The van der Waals surface area contributed by atoms with Crippen LogP contribution in [0, 0.1) is 17.2 Å². The first-order valence-corrected chi connectivity index (χ1v) is 7.63. The van der Waals surface area contributed by atoms with Crippen LogP contribution in [-0.2, 0) is 0 Å². The zero-order chi connectivity index (χ0) is 14.2. The molecule has 2 unspecified atom stereocenters. The van der Waals surface area contributed by atoms with E-state index in [0.717, 1.165) is 29.0 Å². The first-order valence-electron chi connectivity index (χ1n) is 7.63. The summed E-state index contributed by atoms with van der Waals surface area (Å²) in [5, 5.41) is 11.2. The monoisotopic (exact) mass is 278 g/mol. The van der Waals surface area contributed by atoms with E-state index in [0.29, 0.717) is 11.6 Å². The molecule has 1 heterocycles. The molecule has 0 N–H and O–H groups in total. The van der Waals surface area contributed by atoms with Crippen molar-refractivity contribution in [2.75, 3.05) is 19.7 Å². The lowest BCUT2D eigenvalue weighted by Crippen LogP contribution is -2.12. The Labute approximate surface area is 124 Å². The Morgan fingerprint density at radius 2 is 2.14 bits per heavy atom. The molecule has 1 aliphatic heterocycles. The molecule has 21 heavy (non-hydrogen) atoms. The van der Waals surface area contributed by atoms with Gasteiger partial charge >= 0.3 is 0 Å². The van der Waals surface area contributed by atoms with Gasteiger partial charge in [0.2, 0.25) is 0 Å². The van der Waals surface area contributed by atoms with Crippen LogP contribution in [0.5, 0.6) is 5.75 Å². The van der Waals surface area contributed by atoms with E-state index in [2.05, 4.69) is 17.0 Å². The Balaban J connectivity index is 1.47. The van der Waals surface area contributed by atoms with Crippen molar-refractivity contribution < 1.29 is 4.74 Å². The maximum Gasteiger partial charge on any atom is 0.127 e. The van der Waals surface area contributed by atoms with E-state index in [1.54, 1.807) is 0 Å². The van der Waals surface area contributed by atoms with Crippen LogP contribution in [-0.4, -0.2) is 30.6 Å². The fourth-order valence-electron chi connectivity index (χ4n) is 2.86. The topological polar surface area (TPSA) is 36.0 Å². The van der Waals surface area contributed by atoms with Crippen molar-refractivity contribution in [1.82, 2.24) is 4.90 Å². The molecular formula is C18H18N2O. The van der Waals surface area contributed by atoms with E-state index in [4.69, 9.17) is 10.00 Å². The van der Waals surface area contributed by atoms with Crippen LogP contribution in [0.4, 0.5) is 0 Å². The number of fused-ring (bicyclic) bond motifs is 1. The van der Waals surface area contributed by atoms with Gasteiger partial charge in [-0.3, -0.25) is 4.90 Å². The van der Waals surface area contributed by atoms with Crippen molar-refractivity contribution in [1.29, 1.82) is 5.26 Å². The molecule has 0 aromatic heterocycles. The number of benzene rings is 2. The molecule has 2 atom stereocenters. The van der Waals surface area contributed by atoms with Crippen LogP contribution in [0.15, 0.2) is 36.4 Å². The highest BCUT2D eigenvalue weighted by molar-refractivity contribution is 5.89. The van der Waals surface area contributed by atoms with Crippen LogP contribution in [0.1, 0.15) is 18.4 Å². The summed E-state index contributed by atoms with van der Waals surface area (Å²) in [4.78, 5) is 2.50. The molecule has 1 aliphatic carbocycles. The highest BCUT2D eigenvalue weighted by atomic mass is 16.5. The minimum Gasteiger partial charge on any atom is -0.491 e. The number of hydrogen-bond acceptors (Lipinski definition) is 3. The molecule has 2 aromatic rings. The smallest absolute Gasteiger partial charge is 0.127 e. The minimum absolute atomic E-state index is 0.583. The Bertz CT molecular complexity index is 715. The van der Waals surface area contributed by atoms with Crippen LogP contribution >= 0.6 is 0 Å². The molecule has 0 spiro atoms. The summed E-state index contributed by atoms with van der Waals surface area (Å²) in [6.45, 7) is 3.18. The lowest BCUT2D eigenvalue weighted by Gasteiger charge is -2.10. The molecule has 1 saturated carbocycles. The Hall–Kier alpha value is -2.05. The van der Waals surface area contributed by atoms with E-state index in [9.17, 15) is 0 Å². The third-order valence-electron chi connectivity index (χ3n) is 4.42. The maximum absolute atomic E-state index is 9.04. The molecule has 0 bridgehead atoms. The van der Waals surface area contributed by atoms with Gasteiger partial charge in [-0.15, -0.1) is 0 Å². The average molecular weight is 278 g/mol. The van der Waals surface area contributed by atoms with E-state index >= 15 is 0 Å². The predicted molar refractivity (Wildman–Crippen MR) is 82.2 cm³/mol. The molecule has 2 fully saturated rings. The van der Waals surface area contributed by atoms with Gasteiger partial charge in [0.15, 0.2) is 0 Å².